The van der Waals surface area contributed by atoms with Crippen LogP contribution in [0.25, 0.3) is 10.8 Å². The Morgan fingerprint density at radius 1 is 0.970 bits per heavy atom. The van der Waals surface area contributed by atoms with Crippen molar-refractivity contribution in [1.29, 1.82) is 5.41 Å². The number of hydrogen-bond donors (Lipinski definition) is 6. The van der Waals surface area contributed by atoms with Gasteiger partial charge in [0.05, 0.1) is 6.42 Å². The summed E-state index contributed by atoms with van der Waals surface area (Å²) in [7, 11) is 0. The normalized spacial score (nSPS) is 11.4. The average Bonchev–Trinajstić information content (AvgIpc) is 2.78. The van der Waals surface area contributed by atoms with Gasteiger partial charge in [0.1, 0.15) is 11.9 Å². The van der Waals surface area contributed by atoms with Crippen molar-refractivity contribution in [3.05, 3.63) is 77.9 Å². The molecule has 33 heavy (non-hydrogen) atoms. The van der Waals surface area contributed by atoms with Crippen LogP contribution in [0.5, 0.6) is 0 Å². The van der Waals surface area contributed by atoms with E-state index in [1.54, 1.807) is 24.3 Å². The summed E-state index contributed by atoms with van der Waals surface area (Å²) in [5.41, 5.74) is 7.27. The number of carboxylic acids is 1. The molecule has 9 nitrogen and oxygen atoms in total. The average molecular weight is 447 g/mol. The van der Waals surface area contributed by atoms with Crippen LogP contribution >= 0.6 is 0 Å². The molecule has 1 atom stereocenters. The molecule has 0 heterocycles. The highest BCUT2D eigenvalue weighted by Gasteiger charge is 2.21. The Morgan fingerprint density at radius 2 is 1.67 bits per heavy atom. The van der Waals surface area contributed by atoms with E-state index in [2.05, 4.69) is 16.0 Å². The van der Waals surface area contributed by atoms with Crippen LogP contribution in [0, 0.1) is 5.41 Å². The minimum atomic E-state index is -1.03. The molecule has 0 aliphatic heterocycles. The second-order valence-electron chi connectivity index (χ2n) is 7.46. The summed E-state index contributed by atoms with van der Waals surface area (Å²) in [6.45, 7) is -0.0435. The van der Waals surface area contributed by atoms with Crippen LogP contribution in [0.15, 0.2) is 66.7 Å². The number of carbonyl (C=O) groups is 3. The highest BCUT2D eigenvalue weighted by molar-refractivity contribution is 5.97. The second-order valence-corrected chi connectivity index (χ2v) is 7.46. The van der Waals surface area contributed by atoms with E-state index in [4.69, 9.17) is 16.2 Å². The highest BCUT2D eigenvalue weighted by Crippen LogP contribution is 2.17. The Balaban J connectivity index is 1.72. The van der Waals surface area contributed by atoms with Crippen LogP contribution in [0.2, 0.25) is 0 Å². The van der Waals surface area contributed by atoms with E-state index in [0.29, 0.717) is 11.3 Å². The Labute approximate surface area is 190 Å². The van der Waals surface area contributed by atoms with E-state index >= 15 is 0 Å². The Bertz CT molecular complexity index is 1180. The lowest BCUT2D eigenvalue weighted by molar-refractivity contribution is -0.137. The number of rotatable bonds is 9. The third kappa shape index (κ3) is 6.79. The highest BCUT2D eigenvalue weighted by atomic mass is 16.4. The van der Waals surface area contributed by atoms with E-state index in [-0.39, 0.29) is 25.2 Å². The number of nitrogens with one attached hydrogen (secondary N) is 4. The number of carbonyl (C=O) groups excluding carboxylic acids is 2. The topological polar surface area (TPSA) is 157 Å². The van der Waals surface area contributed by atoms with Crippen molar-refractivity contribution in [2.75, 3.05) is 11.9 Å². The molecule has 7 N–H and O–H groups in total. The monoisotopic (exact) mass is 447 g/mol. The van der Waals surface area contributed by atoms with Crippen molar-refractivity contribution in [1.82, 2.24) is 10.6 Å². The van der Waals surface area contributed by atoms with Gasteiger partial charge in [0.2, 0.25) is 5.91 Å². The molecule has 3 amide bonds. The number of hydrogen-bond acceptors (Lipinski definition) is 4. The molecule has 0 radical (unpaired) electrons. The summed E-state index contributed by atoms with van der Waals surface area (Å²) in [6.07, 6.45) is 0.00353. The quantitative estimate of drug-likeness (QED) is 0.219. The van der Waals surface area contributed by atoms with Crippen LogP contribution in [0.1, 0.15) is 17.5 Å². The first kappa shape index (κ1) is 23.3. The largest absolute Gasteiger partial charge is 0.481 e. The van der Waals surface area contributed by atoms with Crippen molar-refractivity contribution < 1.29 is 19.5 Å². The first-order chi connectivity index (χ1) is 15.8. The van der Waals surface area contributed by atoms with Crippen LogP contribution < -0.4 is 21.7 Å². The predicted octanol–water partition coefficient (Wildman–Crippen LogP) is 2.45. The van der Waals surface area contributed by atoms with E-state index in [1.807, 2.05) is 42.5 Å². The minimum absolute atomic E-state index is 0.0435. The molecule has 0 unspecified atom stereocenters. The van der Waals surface area contributed by atoms with Crippen molar-refractivity contribution in [3.8, 4) is 0 Å². The zero-order valence-electron chi connectivity index (χ0n) is 17.8. The maximum absolute atomic E-state index is 12.7. The van der Waals surface area contributed by atoms with Crippen LogP contribution in [0.3, 0.4) is 0 Å². The molecule has 0 aliphatic rings. The molecular formula is C24H25N5O4. The number of fused-ring (bicyclic) bond motifs is 1. The van der Waals surface area contributed by atoms with E-state index in [1.165, 1.54) is 0 Å². The van der Waals surface area contributed by atoms with Gasteiger partial charge in [-0.15, -0.1) is 0 Å². The van der Waals surface area contributed by atoms with Crippen molar-refractivity contribution in [3.63, 3.8) is 0 Å². The summed E-state index contributed by atoms with van der Waals surface area (Å²) >= 11 is 0. The Hall–Kier alpha value is -4.40. The molecular weight excluding hydrogens is 422 g/mol. The predicted molar refractivity (Wildman–Crippen MR) is 126 cm³/mol. The van der Waals surface area contributed by atoms with E-state index < -0.39 is 23.9 Å². The SMILES string of the molecule is N=C(N)c1ccc(NC(=O)N[C@@H](Cc2ccc3ccccc3c2)C(=O)NCCC(=O)O)cc1. The number of urea groups is 1. The van der Waals surface area contributed by atoms with Crippen molar-refractivity contribution in [2.24, 2.45) is 5.73 Å². The maximum Gasteiger partial charge on any atom is 0.319 e. The van der Waals surface area contributed by atoms with E-state index in [9.17, 15) is 14.4 Å². The van der Waals surface area contributed by atoms with Crippen LogP contribution in [-0.4, -0.2) is 41.4 Å². The number of nitrogen functional groups attached to an aromatic ring is 1. The van der Waals surface area contributed by atoms with Gasteiger partial charge >= 0.3 is 12.0 Å². The van der Waals surface area contributed by atoms with Gasteiger partial charge in [0.15, 0.2) is 0 Å². The smallest absolute Gasteiger partial charge is 0.319 e. The summed E-state index contributed by atoms with van der Waals surface area (Å²) < 4.78 is 0. The molecule has 3 aromatic carbocycles. The molecule has 0 saturated carbocycles. The number of nitrogens with two attached hydrogens (primary N) is 1. The summed E-state index contributed by atoms with van der Waals surface area (Å²) in [5.74, 6) is -1.59. The molecule has 0 fully saturated rings. The summed E-state index contributed by atoms with van der Waals surface area (Å²) in [6, 6.07) is 18.5. The zero-order chi connectivity index (χ0) is 23.8. The number of benzene rings is 3. The third-order valence-corrected chi connectivity index (χ3v) is 4.97. The van der Waals surface area contributed by atoms with Crippen molar-refractivity contribution in [2.45, 2.75) is 18.9 Å². The van der Waals surface area contributed by atoms with Crippen molar-refractivity contribution >= 4 is 40.2 Å². The Morgan fingerprint density at radius 3 is 2.33 bits per heavy atom. The first-order valence-corrected chi connectivity index (χ1v) is 10.3. The number of carboxylic acid groups (broad SMARTS) is 1. The van der Waals surface area contributed by atoms with Gasteiger partial charge < -0.3 is 26.8 Å². The molecule has 0 spiro atoms. The number of aliphatic carboxylic acids is 1. The number of amides is 3. The lowest BCUT2D eigenvalue weighted by Gasteiger charge is -2.19. The molecule has 9 heteroatoms. The lowest BCUT2D eigenvalue weighted by Crippen LogP contribution is -2.49. The number of amidine groups is 1. The number of anilines is 1. The van der Waals surface area contributed by atoms with Gasteiger partial charge in [-0.3, -0.25) is 15.0 Å². The van der Waals surface area contributed by atoms with Crippen LogP contribution in [-0.2, 0) is 16.0 Å². The second kappa shape index (κ2) is 10.8. The van der Waals surface area contributed by atoms with Gasteiger partial charge in [0.25, 0.3) is 0 Å². The Kier molecular flexibility index (Phi) is 7.59. The standard InChI is InChI=1S/C24H25N5O4/c25-22(26)17-7-9-19(10-8-17)28-24(33)29-20(23(32)27-12-11-21(30)31)14-15-5-6-16-3-1-2-4-18(16)13-15/h1-10,13,20H,11-12,14H2,(H3,25,26)(H,27,32)(H,30,31)(H2,28,29,33)/t20-/m0/s1. The maximum atomic E-state index is 12.7. The third-order valence-electron chi connectivity index (χ3n) is 4.97. The fourth-order valence-electron chi connectivity index (χ4n) is 3.29. The summed E-state index contributed by atoms with van der Waals surface area (Å²) in [4.78, 5) is 36.0. The van der Waals surface area contributed by atoms with E-state index in [0.717, 1.165) is 16.3 Å². The molecule has 0 bridgehead atoms. The van der Waals surface area contributed by atoms with Gasteiger partial charge in [-0.2, -0.15) is 0 Å². The summed E-state index contributed by atoms with van der Waals surface area (Å²) in [5, 5.41) is 26.2. The fraction of sp³-hybridized carbons (Fsp3) is 0.167. The molecule has 0 aliphatic carbocycles. The lowest BCUT2D eigenvalue weighted by atomic mass is 10.0. The van der Waals surface area contributed by atoms with Gasteiger partial charge in [-0.1, -0.05) is 42.5 Å². The molecule has 0 saturated heterocycles. The van der Waals surface area contributed by atoms with Gasteiger partial charge in [0, 0.05) is 24.2 Å². The minimum Gasteiger partial charge on any atom is -0.481 e. The first-order valence-electron chi connectivity index (χ1n) is 10.3. The fourth-order valence-corrected chi connectivity index (χ4v) is 3.29. The van der Waals surface area contributed by atoms with Gasteiger partial charge in [-0.05, 0) is 40.6 Å². The van der Waals surface area contributed by atoms with Gasteiger partial charge in [-0.25, -0.2) is 4.79 Å². The molecule has 0 aromatic heterocycles. The zero-order valence-corrected chi connectivity index (χ0v) is 17.8. The molecule has 3 aromatic rings. The molecule has 3 rings (SSSR count). The molecule has 170 valence electrons. The van der Waals surface area contributed by atoms with Crippen LogP contribution in [0.4, 0.5) is 10.5 Å².